The van der Waals surface area contributed by atoms with Gasteiger partial charge < -0.3 is 14.8 Å². The lowest BCUT2D eigenvalue weighted by Crippen LogP contribution is -2.35. The quantitative estimate of drug-likeness (QED) is 0.847. The highest BCUT2D eigenvalue weighted by Crippen LogP contribution is 2.29. The van der Waals surface area contributed by atoms with Crippen LogP contribution < -0.4 is 10.1 Å². The van der Waals surface area contributed by atoms with E-state index >= 15 is 0 Å². The van der Waals surface area contributed by atoms with Crippen molar-refractivity contribution in [3.8, 4) is 5.75 Å². The van der Waals surface area contributed by atoms with Crippen molar-refractivity contribution in [2.75, 3.05) is 20.3 Å². The number of rotatable bonds is 4. The van der Waals surface area contributed by atoms with Crippen molar-refractivity contribution < 1.29 is 14.3 Å². The van der Waals surface area contributed by atoms with Gasteiger partial charge in [-0.15, -0.1) is 0 Å². The maximum atomic E-state index is 11.8. The van der Waals surface area contributed by atoms with Gasteiger partial charge in [-0.1, -0.05) is 12.1 Å². The molecule has 1 saturated heterocycles. The molecular formula is C15H21NO3. The van der Waals surface area contributed by atoms with E-state index in [1.54, 1.807) is 7.11 Å². The molecule has 1 aliphatic rings. The minimum Gasteiger partial charge on any atom is -0.497 e. The third kappa shape index (κ3) is 3.47. The molecule has 1 fully saturated rings. The van der Waals surface area contributed by atoms with Crippen LogP contribution in [0.25, 0.3) is 0 Å². The zero-order valence-electron chi connectivity index (χ0n) is 11.5. The van der Waals surface area contributed by atoms with Gasteiger partial charge >= 0.3 is 5.97 Å². The highest BCUT2D eigenvalue weighted by Gasteiger charge is 2.28. The van der Waals surface area contributed by atoms with Crippen LogP contribution in [0.5, 0.6) is 5.75 Å². The summed E-state index contributed by atoms with van der Waals surface area (Å²) in [5.74, 6) is 0.789. The van der Waals surface area contributed by atoms with Crippen molar-refractivity contribution in [3.63, 3.8) is 0 Å². The Morgan fingerprint density at radius 1 is 1.37 bits per heavy atom. The van der Waals surface area contributed by atoms with E-state index < -0.39 is 0 Å². The number of esters is 1. The van der Waals surface area contributed by atoms with Crippen molar-refractivity contribution >= 4 is 5.97 Å². The first-order valence-corrected chi connectivity index (χ1v) is 6.78. The molecule has 0 unspecified atom stereocenters. The lowest BCUT2D eigenvalue weighted by atomic mass is 9.89. The summed E-state index contributed by atoms with van der Waals surface area (Å²) < 4.78 is 10.3. The number of ether oxygens (including phenoxy) is 2. The van der Waals surface area contributed by atoms with Gasteiger partial charge in [0.1, 0.15) is 5.75 Å². The van der Waals surface area contributed by atoms with Crippen LogP contribution in [0.15, 0.2) is 24.3 Å². The Labute approximate surface area is 114 Å². The predicted octanol–water partition coefficient (Wildman–Crippen LogP) is 2.30. The molecule has 0 aliphatic carbocycles. The minimum absolute atomic E-state index is 0.00769. The van der Waals surface area contributed by atoms with Gasteiger partial charge in [0.25, 0.3) is 0 Å². The molecular weight excluding hydrogens is 242 g/mol. The van der Waals surface area contributed by atoms with E-state index in [1.165, 1.54) is 5.56 Å². The molecule has 4 nitrogen and oxygen atoms in total. The van der Waals surface area contributed by atoms with Crippen molar-refractivity contribution in [2.45, 2.75) is 25.8 Å². The Kier molecular flexibility index (Phi) is 4.80. The number of hydrogen-bond donors (Lipinski definition) is 1. The number of piperidine rings is 1. The molecule has 1 aromatic carbocycles. The normalized spacial score (nSPS) is 22.8. The Balaban J connectivity index is 2.01. The summed E-state index contributed by atoms with van der Waals surface area (Å²) in [7, 11) is 1.66. The molecule has 2 atom stereocenters. The second-order valence-electron chi connectivity index (χ2n) is 4.75. The van der Waals surface area contributed by atoms with Crippen molar-refractivity contribution in [2.24, 2.45) is 5.92 Å². The molecule has 0 spiro atoms. The van der Waals surface area contributed by atoms with Gasteiger partial charge in [0, 0.05) is 6.04 Å². The first-order valence-electron chi connectivity index (χ1n) is 6.78. The fourth-order valence-corrected chi connectivity index (χ4v) is 2.48. The van der Waals surface area contributed by atoms with Gasteiger partial charge in [-0.3, -0.25) is 4.79 Å². The molecule has 2 rings (SSSR count). The topological polar surface area (TPSA) is 47.6 Å². The molecule has 1 heterocycles. The number of benzene rings is 1. The van der Waals surface area contributed by atoms with Crippen LogP contribution in [0, 0.1) is 5.92 Å². The average Bonchev–Trinajstić information content (AvgIpc) is 2.48. The molecule has 1 aliphatic heterocycles. The molecule has 1 N–H and O–H groups in total. The number of hydrogen-bond acceptors (Lipinski definition) is 4. The van der Waals surface area contributed by atoms with E-state index in [0.29, 0.717) is 6.61 Å². The number of methoxy groups -OCH3 is 1. The summed E-state index contributed by atoms with van der Waals surface area (Å²) >= 11 is 0. The highest BCUT2D eigenvalue weighted by molar-refractivity contribution is 5.72. The SMILES string of the molecule is CCOC(=O)[C@@H]1CCN[C@H](c2ccc(OC)cc2)C1. The monoisotopic (exact) mass is 263 g/mol. The smallest absolute Gasteiger partial charge is 0.309 e. The molecule has 19 heavy (non-hydrogen) atoms. The van der Waals surface area contributed by atoms with Crippen molar-refractivity contribution in [1.82, 2.24) is 5.32 Å². The van der Waals surface area contributed by atoms with Crippen LogP contribution >= 0.6 is 0 Å². The minimum atomic E-state index is -0.0671. The van der Waals surface area contributed by atoms with Gasteiger partial charge in [0.15, 0.2) is 0 Å². The Bertz CT molecular complexity index is 416. The highest BCUT2D eigenvalue weighted by atomic mass is 16.5. The zero-order valence-corrected chi connectivity index (χ0v) is 11.5. The summed E-state index contributed by atoms with van der Waals surface area (Å²) in [5.41, 5.74) is 1.19. The summed E-state index contributed by atoms with van der Waals surface area (Å²) in [6.07, 6.45) is 1.65. The van der Waals surface area contributed by atoms with Crippen LogP contribution in [0.4, 0.5) is 0 Å². The number of nitrogens with one attached hydrogen (secondary N) is 1. The maximum absolute atomic E-state index is 11.8. The van der Waals surface area contributed by atoms with Crippen LogP contribution in [0.2, 0.25) is 0 Å². The van der Waals surface area contributed by atoms with E-state index in [2.05, 4.69) is 5.32 Å². The molecule has 0 saturated carbocycles. The van der Waals surface area contributed by atoms with E-state index in [-0.39, 0.29) is 17.9 Å². The number of carbonyl (C=O) groups excluding carboxylic acids is 1. The molecule has 0 aromatic heterocycles. The van der Waals surface area contributed by atoms with Gasteiger partial charge in [0.2, 0.25) is 0 Å². The fourth-order valence-electron chi connectivity index (χ4n) is 2.48. The summed E-state index contributed by atoms with van der Waals surface area (Å²) in [5, 5.41) is 3.45. The lowest BCUT2D eigenvalue weighted by molar-refractivity contribution is -0.149. The molecule has 0 bridgehead atoms. The van der Waals surface area contributed by atoms with Gasteiger partial charge in [-0.05, 0) is 44.0 Å². The van der Waals surface area contributed by atoms with Crippen molar-refractivity contribution in [3.05, 3.63) is 29.8 Å². The summed E-state index contributed by atoms with van der Waals surface area (Å²) in [6.45, 7) is 3.15. The van der Waals surface area contributed by atoms with E-state index in [9.17, 15) is 4.79 Å². The Hall–Kier alpha value is -1.55. The van der Waals surface area contributed by atoms with E-state index in [4.69, 9.17) is 9.47 Å². The number of carbonyl (C=O) groups is 1. The zero-order chi connectivity index (χ0) is 13.7. The first-order chi connectivity index (χ1) is 9.24. The van der Waals surface area contributed by atoms with Crippen LogP contribution in [0.3, 0.4) is 0 Å². The lowest BCUT2D eigenvalue weighted by Gasteiger charge is -2.29. The molecule has 104 valence electrons. The second kappa shape index (κ2) is 6.57. The maximum Gasteiger partial charge on any atom is 0.309 e. The molecule has 0 radical (unpaired) electrons. The summed E-state index contributed by atoms with van der Waals surface area (Å²) in [6, 6.07) is 8.21. The Morgan fingerprint density at radius 2 is 2.11 bits per heavy atom. The largest absolute Gasteiger partial charge is 0.497 e. The third-order valence-electron chi connectivity index (χ3n) is 3.54. The van der Waals surface area contributed by atoms with Gasteiger partial charge in [0.05, 0.1) is 19.6 Å². The predicted molar refractivity (Wildman–Crippen MR) is 73.1 cm³/mol. The van der Waals surface area contributed by atoms with Crippen LogP contribution in [0.1, 0.15) is 31.4 Å². The standard InChI is InChI=1S/C15H21NO3/c1-3-19-15(17)12-8-9-16-14(10-12)11-4-6-13(18-2)7-5-11/h4-7,12,14,16H,3,8-10H2,1-2H3/t12-,14+/m1/s1. The molecule has 0 amide bonds. The van der Waals surface area contributed by atoms with Gasteiger partial charge in [-0.25, -0.2) is 0 Å². The fraction of sp³-hybridized carbons (Fsp3) is 0.533. The van der Waals surface area contributed by atoms with E-state index in [0.717, 1.165) is 25.1 Å². The van der Waals surface area contributed by atoms with Crippen molar-refractivity contribution in [1.29, 1.82) is 0 Å². The Morgan fingerprint density at radius 3 is 2.74 bits per heavy atom. The second-order valence-corrected chi connectivity index (χ2v) is 4.75. The first kappa shape index (κ1) is 13.9. The van der Waals surface area contributed by atoms with Crippen LogP contribution in [-0.2, 0) is 9.53 Å². The van der Waals surface area contributed by atoms with Gasteiger partial charge in [-0.2, -0.15) is 0 Å². The summed E-state index contributed by atoms with van der Waals surface area (Å²) in [4.78, 5) is 11.8. The van der Waals surface area contributed by atoms with E-state index in [1.807, 2.05) is 31.2 Å². The third-order valence-corrected chi connectivity index (χ3v) is 3.54. The molecule has 4 heteroatoms. The average molecular weight is 263 g/mol. The molecule has 1 aromatic rings. The van der Waals surface area contributed by atoms with Crippen LogP contribution in [-0.4, -0.2) is 26.2 Å².